The summed E-state index contributed by atoms with van der Waals surface area (Å²) in [6, 6.07) is 5.46. The summed E-state index contributed by atoms with van der Waals surface area (Å²) in [6.45, 7) is 0.817. The number of hydrogen-bond acceptors (Lipinski definition) is 2. The van der Waals surface area contributed by atoms with Gasteiger partial charge in [0.1, 0.15) is 0 Å². The topological polar surface area (TPSA) is 20.3 Å². The largest absolute Gasteiger partial charge is 0.309 e. The normalized spacial score (nSPS) is 20.7. The predicted molar refractivity (Wildman–Crippen MR) is 92.6 cm³/mol. The minimum atomic E-state index is 0. The number of Topliss-reactive ketones (excluding diaryl/α,β-unsaturated/α-hetero) is 1. The van der Waals surface area contributed by atoms with Crippen LogP contribution in [-0.2, 0) is 4.79 Å². The summed E-state index contributed by atoms with van der Waals surface area (Å²) in [5.41, 5.74) is 1.84. The van der Waals surface area contributed by atoms with Gasteiger partial charge in [-0.1, -0.05) is 29.3 Å². The summed E-state index contributed by atoms with van der Waals surface area (Å²) in [5, 5.41) is 1.06. The third kappa shape index (κ3) is 5.00. The third-order valence-corrected chi connectivity index (χ3v) is 4.30. The van der Waals surface area contributed by atoms with E-state index in [9.17, 15) is 4.79 Å². The van der Waals surface area contributed by atoms with E-state index in [-0.39, 0.29) is 24.1 Å². The lowest BCUT2D eigenvalue weighted by molar-refractivity contribution is -0.120. The number of benzene rings is 1. The average Bonchev–Trinajstić information content (AvgIpc) is 2.38. The lowest BCUT2D eigenvalue weighted by atomic mass is 9.83. The fourth-order valence-corrected chi connectivity index (χ4v) is 2.92. The van der Waals surface area contributed by atoms with Crippen molar-refractivity contribution in [1.82, 2.24) is 4.90 Å². The first-order valence-corrected chi connectivity index (χ1v) is 7.57. The quantitative estimate of drug-likeness (QED) is 0.736. The minimum absolute atomic E-state index is 0. The highest BCUT2D eigenvalue weighted by Gasteiger charge is 2.26. The van der Waals surface area contributed by atoms with Crippen molar-refractivity contribution in [2.24, 2.45) is 5.92 Å². The maximum Gasteiger partial charge on any atom is 0.163 e. The summed E-state index contributed by atoms with van der Waals surface area (Å²) in [4.78, 5) is 14.5. The van der Waals surface area contributed by atoms with E-state index in [0.717, 1.165) is 36.9 Å². The molecule has 0 spiro atoms. The molecule has 1 aliphatic carbocycles. The fraction of sp³-hybridized carbons (Fsp3) is 0.438. The van der Waals surface area contributed by atoms with Gasteiger partial charge in [0.2, 0.25) is 0 Å². The molecule has 0 radical (unpaired) electrons. The van der Waals surface area contributed by atoms with Crippen LogP contribution >= 0.6 is 35.6 Å². The molecular formula is C16H20Cl3NO. The molecule has 0 bridgehead atoms. The summed E-state index contributed by atoms with van der Waals surface area (Å²) >= 11 is 11.9. The van der Waals surface area contributed by atoms with Crippen molar-refractivity contribution in [3.63, 3.8) is 0 Å². The number of carbonyl (C=O) groups excluding carboxylic acids is 1. The van der Waals surface area contributed by atoms with Crippen molar-refractivity contribution in [2.75, 3.05) is 20.6 Å². The van der Waals surface area contributed by atoms with E-state index < -0.39 is 0 Å². The number of rotatable bonds is 3. The van der Waals surface area contributed by atoms with Crippen LogP contribution in [-0.4, -0.2) is 31.3 Å². The number of allylic oxidation sites excluding steroid dienone is 1. The number of ketones is 1. The summed E-state index contributed by atoms with van der Waals surface area (Å²) in [5.74, 6) is 0.392. The van der Waals surface area contributed by atoms with Gasteiger partial charge >= 0.3 is 0 Å². The Bertz CT molecular complexity index is 540. The molecule has 0 aromatic heterocycles. The molecule has 1 atom stereocenters. The van der Waals surface area contributed by atoms with Crippen molar-refractivity contribution in [2.45, 2.75) is 19.3 Å². The smallest absolute Gasteiger partial charge is 0.163 e. The molecule has 1 aromatic carbocycles. The molecule has 2 nitrogen and oxygen atoms in total. The van der Waals surface area contributed by atoms with Crippen molar-refractivity contribution in [3.8, 4) is 0 Å². The highest BCUT2D eigenvalue weighted by Crippen LogP contribution is 2.29. The van der Waals surface area contributed by atoms with E-state index in [1.807, 2.05) is 26.2 Å². The first kappa shape index (κ1) is 18.5. The molecular weight excluding hydrogens is 329 g/mol. The number of halogens is 3. The number of carbonyl (C=O) groups is 1. The Labute approximate surface area is 142 Å². The third-order valence-electron chi connectivity index (χ3n) is 3.56. The second kappa shape index (κ2) is 8.19. The van der Waals surface area contributed by atoms with Gasteiger partial charge in [-0.3, -0.25) is 4.79 Å². The second-order valence-electron chi connectivity index (χ2n) is 5.56. The lowest BCUT2D eigenvalue weighted by Crippen LogP contribution is -2.31. The van der Waals surface area contributed by atoms with Crippen LogP contribution in [0.4, 0.5) is 0 Å². The van der Waals surface area contributed by atoms with Crippen molar-refractivity contribution in [3.05, 3.63) is 39.4 Å². The van der Waals surface area contributed by atoms with Crippen LogP contribution in [0.15, 0.2) is 23.8 Å². The van der Waals surface area contributed by atoms with Gasteiger partial charge < -0.3 is 4.90 Å². The molecule has 5 heteroatoms. The summed E-state index contributed by atoms with van der Waals surface area (Å²) in [6.07, 6.45) is 4.85. The number of hydrogen-bond donors (Lipinski definition) is 0. The van der Waals surface area contributed by atoms with Crippen LogP contribution in [0.3, 0.4) is 0 Å². The van der Waals surface area contributed by atoms with Crippen LogP contribution in [0.1, 0.15) is 24.8 Å². The van der Waals surface area contributed by atoms with Crippen LogP contribution in [0.25, 0.3) is 6.08 Å². The first-order chi connectivity index (χ1) is 9.47. The molecule has 0 N–H and O–H groups in total. The van der Waals surface area contributed by atoms with Gasteiger partial charge in [-0.15, -0.1) is 12.4 Å². The van der Waals surface area contributed by atoms with Crippen LogP contribution in [0.5, 0.6) is 0 Å². The number of nitrogens with zero attached hydrogens (tertiary/aromatic N) is 1. The summed E-state index contributed by atoms with van der Waals surface area (Å²) < 4.78 is 0. The zero-order valence-corrected chi connectivity index (χ0v) is 14.6. The van der Waals surface area contributed by atoms with Gasteiger partial charge in [0.15, 0.2) is 5.78 Å². The zero-order chi connectivity index (χ0) is 14.7. The first-order valence-electron chi connectivity index (χ1n) is 6.82. The van der Waals surface area contributed by atoms with Crippen molar-refractivity contribution in [1.29, 1.82) is 0 Å². The van der Waals surface area contributed by atoms with E-state index in [1.165, 1.54) is 0 Å². The van der Waals surface area contributed by atoms with E-state index >= 15 is 0 Å². The highest BCUT2D eigenvalue weighted by molar-refractivity contribution is 6.42. The molecule has 1 fully saturated rings. The average molecular weight is 349 g/mol. The highest BCUT2D eigenvalue weighted by atomic mass is 35.5. The summed E-state index contributed by atoms with van der Waals surface area (Å²) in [7, 11) is 4.01. The maximum atomic E-state index is 12.5. The molecule has 0 saturated heterocycles. The Balaban J connectivity index is 0.00000220. The molecule has 0 aliphatic heterocycles. The van der Waals surface area contributed by atoms with Gasteiger partial charge in [-0.2, -0.15) is 0 Å². The van der Waals surface area contributed by atoms with E-state index in [2.05, 4.69) is 4.90 Å². The van der Waals surface area contributed by atoms with E-state index in [0.29, 0.717) is 10.0 Å². The Kier molecular flexibility index (Phi) is 7.22. The van der Waals surface area contributed by atoms with Crippen LogP contribution < -0.4 is 0 Å². The molecule has 21 heavy (non-hydrogen) atoms. The second-order valence-corrected chi connectivity index (χ2v) is 6.37. The zero-order valence-electron chi connectivity index (χ0n) is 12.2. The fourth-order valence-electron chi connectivity index (χ4n) is 2.62. The molecule has 1 saturated carbocycles. The maximum absolute atomic E-state index is 12.5. The molecule has 116 valence electrons. The van der Waals surface area contributed by atoms with Gasteiger partial charge in [0, 0.05) is 12.5 Å². The van der Waals surface area contributed by atoms with E-state index in [4.69, 9.17) is 23.2 Å². The molecule has 1 aliphatic rings. The Morgan fingerprint density at radius 2 is 2.00 bits per heavy atom. The molecule has 0 heterocycles. The predicted octanol–water partition coefficient (Wildman–Crippen LogP) is 4.73. The molecule has 2 rings (SSSR count). The van der Waals surface area contributed by atoms with Crippen LogP contribution in [0.2, 0.25) is 10.0 Å². The Morgan fingerprint density at radius 1 is 1.29 bits per heavy atom. The standard InChI is InChI=1S/C16H19Cl2NO.ClH/c1-19(2)10-13-5-3-4-12(16(13)20)8-11-6-7-14(17)15(18)9-11;/h6-9,13H,3-5,10H2,1-2H3;1H/b12-8+;. The lowest BCUT2D eigenvalue weighted by Gasteiger charge is -2.25. The van der Waals surface area contributed by atoms with Gasteiger partial charge in [-0.05, 0) is 62.7 Å². The Hall–Kier alpha value is -0.540. The van der Waals surface area contributed by atoms with Crippen molar-refractivity contribution < 1.29 is 4.79 Å². The molecule has 1 aromatic rings. The van der Waals surface area contributed by atoms with E-state index in [1.54, 1.807) is 12.1 Å². The van der Waals surface area contributed by atoms with Crippen LogP contribution in [0, 0.1) is 5.92 Å². The SMILES string of the molecule is CN(C)CC1CCC/C(=C\c2ccc(Cl)c(Cl)c2)C1=O.Cl. The monoisotopic (exact) mass is 347 g/mol. The van der Waals surface area contributed by atoms with Gasteiger partial charge in [0.25, 0.3) is 0 Å². The van der Waals surface area contributed by atoms with Gasteiger partial charge in [-0.25, -0.2) is 0 Å². The Morgan fingerprint density at radius 3 is 2.62 bits per heavy atom. The van der Waals surface area contributed by atoms with Gasteiger partial charge in [0.05, 0.1) is 10.0 Å². The minimum Gasteiger partial charge on any atom is -0.309 e. The molecule has 1 unspecified atom stereocenters. The van der Waals surface area contributed by atoms with Crippen molar-refractivity contribution >= 4 is 47.5 Å². The molecule has 0 amide bonds.